The van der Waals surface area contributed by atoms with E-state index in [1.165, 1.54) is 0 Å². The van der Waals surface area contributed by atoms with Gasteiger partial charge in [-0.25, -0.2) is 4.79 Å². The number of hydrogen-bond acceptors (Lipinski definition) is 4. The molecule has 1 heterocycles. The quantitative estimate of drug-likeness (QED) is 0.646. The van der Waals surface area contributed by atoms with Crippen LogP contribution >= 0.6 is 11.8 Å². The first kappa shape index (κ1) is 14.3. The van der Waals surface area contributed by atoms with Gasteiger partial charge in [-0.15, -0.1) is 0 Å². The number of carboxylic acids is 1. The molecule has 0 bridgehead atoms. The molecule has 1 aliphatic heterocycles. The van der Waals surface area contributed by atoms with Crippen LogP contribution in [0.3, 0.4) is 0 Å². The van der Waals surface area contributed by atoms with Crippen molar-refractivity contribution < 1.29 is 14.7 Å². The van der Waals surface area contributed by atoms with Crippen molar-refractivity contribution in [2.45, 2.75) is 37.8 Å². The lowest BCUT2D eigenvalue weighted by atomic mass is 10.0. The summed E-state index contributed by atoms with van der Waals surface area (Å²) >= 11 is 1.58. The van der Waals surface area contributed by atoms with Crippen molar-refractivity contribution in [3.8, 4) is 0 Å². The summed E-state index contributed by atoms with van der Waals surface area (Å²) in [4.78, 5) is 22.8. The largest absolute Gasteiger partial charge is 0.480 e. The first-order valence-electron chi connectivity index (χ1n) is 5.90. The lowest BCUT2D eigenvalue weighted by molar-refractivity contribution is -0.142. The van der Waals surface area contributed by atoms with Crippen molar-refractivity contribution in [2.24, 2.45) is 0 Å². The number of nitrogens with one attached hydrogen (secondary N) is 2. The van der Waals surface area contributed by atoms with Crippen LogP contribution in [0.4, 0.5) is 0 Å². The van der Waals surface area contributed by atoms with Gasteiger partial charge in [0.2, 0.25) is 5.91 Å². The number of carboxylic acid groups (broad SMARTS) is 1. The summed E-state index contributed by atoms with van der Waals surface area (Å²) in [6.45, 7) is 0.834. The van der Waals surface area contributed by atoms with E-state index in [9.17, 15) is 9.59 Å². The maximum atomic E-state index is 11.8. The molecule has 0 radical (unpaired) electrons. The van der Waals surface area contributed by atoms with E-state index in [4.69, 9.17) is 5.11 Å². The Balaban J connectivity index is 2.42. The highest BCUT2D eigenvalue weighted by molar-refractivity contribution is 7.98. The number of rotatable bonds is 6. The molecule has 1 saturated heterocycles. The number of piperidine rings is 1. The topological polar surface area (TPSA) is 78.4 Å². The molecule has 1 unspecified atom stereocenters. The Morgan fingerprint density at radius 2 is 2.29 bits per heavy atom. The van der Waals surface area contributed by atoms with E-state index in [1.807, 2.05) is 6.26 Å². The third-order valence-corrected chi connectivity index (χ3v) is 3.50. The van der Waals surface area contributed by atoms with Gasteiger partial charge in [0.1, 0.15) is 6.04 Å². The molecule has 6 heteroatoms. The summed E-state index contributed by atoms with van der Waals surface area (Å²) in [5.74, 6) is -0.406. The molecule has 98 valence electrons. The molecule has 2 atom stereocenters. The van der Waals surface area contributed by atoms with Crippen LogP contribution in [0.15, 0.2) is 0 Å². The molecule has 0 saturated carbocycles. The van der Waals surface area contributed by atoms with Gasteiger partial charge < -0.3 is 15.7 Å². The van der Waals surface area contributed by atoms with Crippen LogP contribution in [0.25, 0.3) is 0 Å². The average Bonchev–Trinajstić information content (AvgIpc) is 2.35. The number of carbonyl (C=O) groups is 2. The Hall–Kier alpha value is -0.750. The Morgan fingerprint density at radius 3 is 2.82 bits per heavy atom. The van der Waals surface area contributed by atoms with E-state index < -0.39 is 12.0 Å². The number of amides is 1. The molecule has 0 aromatic heterocycles. The monoisotopic (exact) mass is 260 g/mol. The molecule has 3 N–H and O–H groups in total. The van der Waals surface area contributed by atoms with Gasteiger partial charge in [0.05, 0.1) is 6.04 Å². The molecule has 0 spiro atoms. The van der Waals surface area contributed by atoms with E-state index in [0.717, 1.165) is 31.6 Å². The zero-order chi connectivity index (χ0) is 12.7. The zero-order valence-corrected chi connectivity index (χ0v) is 10.9. The Morgan fingerprint density at radius 1 is 1.53 bits per heavy atom. The fourth-order valence-electron chi connectivity index (χ4n) is 1.84. The number of hydrogen-bond donors (Lipinski definition) is 3. The Bertz CT molecular complexity index is 267. The summed E-state index contributed by atoms with van der Waals surface area (Å²) < 4.78 is 0. The summed E-state index contributed by atoms with van der Waals surface area (Å²) in [6, 6.07) is -0.987. The van der Waals surface area contributed by atoms with Gasteiger partial charge in [-0.05, 0) is 37.8 Å². The smallest absolute Gasteiger partial charge is 0.326 e. The molecule has 0 aromatic rings. The van der Waals surface area contributed by atoms with Crippen LogP contribution in [0.5, 0.6) is 0 Å². The van der Waals surface area contributed by atoms with Crippen LogP contribution in [-0.4, -0.2) is 47.6 Å². The van der Waals surface area contributed by atoms with Crippen molar-refractivity contribution in [3.05, 3.63) is 0 Å². The second-order valence-corrected chi connectivity index (χ2v) is 5.17. The third kappa shape index (κ3) is 4.95. The van der Waals surface area contributed by atoms with Crippen molar-refractivity contribution in [2.75, 3.05) is 18.6 Å². The van der Waals surface area contributed by atoms with Crippen LogP contribution in [0.1, 0.15) is 25.7 Å². The molecular formula is C11H20N2O3S. The highest BCUT2D eigenvalue weighted by Gasteiger charge is 2.25. The van der Waals surface area contributed by atoms with Crippen LogP contribution < -0.4 is 10.6 Å². The minimum Gasteiger partial charge on any atom is -0.480 e. The van der Waals surface area contributed by atoms with Crippen molar-refractivity contribution in [1.29, 1.82) is 0 Å². The van der Waals surface area contributed by atoms with Gasteiger partial charge in [-0.2, -0.15) is 11.8 Å². The van der Waals surface area contributed by atoms with Crippen LogP contribution in [-0.2, 0) is 9.59 Å². The molecular weight excluding hydrogens is 240 g/mol. The first-order valence-corrected chi connectivity index (χ1v) is 7.30. The maximum Gasteiger partial charge on any atom is 0.326 e. The van der Waals surface area contributed by atoms with E-state index in [-0.39, 0.29) is 11.9 Å². The summed E-state index contributed by atoms with van der Waals surface area (Å²) in [5, 5.41) is 14.7. The zero-order valence-electron chi connectivity index (χ0n) is 10.1. The van der Waals surface area contributed by atoms with Gasteiger partial charge in [-0.3, -0.25) is 4.79 Å². The van der Waals surface area contributed by atoms with Crippen LogP contribution in [0, 0.1) is 0 Å². The third-order valence-electron chi connectivity index (χ3n) is 2.85. The van der Waals surface area contributed by atoms with Crippen molar-refractivity contribution in [3.63, 3.8) is 0 Å². The SMILES string of the molecule is CSCC[C@@H](NC(=O)C1CCCCN1)C(=O)O. The van der Waals surface area contributed by atoms with Gasteiger partial charge in [0.15, 0.2) is 0 Å². The summed E-state index contributed by atoms with van der Waals surface area (Å²) in [7, 11) is 0. The van der Waals surface area contributed by atoms with Gasteiger partial charge in [0, 0.05) is 0 Å². The van der Waals surface area contributed by atoms with Gasteiger partial charge in [-0.1, -0.05) is 6.42 Å². The van der Waals surface area contributed by atoms with Crippen molar-refractivity contribution >= 4 is 23.6 Å². The highest BCUT2D eigenvalue weighted by Crippen LogP contribution is 2.08. The first-order chi connectivity index (χ1) is 8.15. The van der Waals surface area contributed by atoms with Gasteiger partial charge >= 0.3 is 5.97 Å². The number of carbonyl (C=O) groups excluding carboxylic acids is 1. The van der Waals surface area contributed by atoms with E-state index in [2.05, 4.69) is 10.6 Å². The normalized spacial score (nSPS) is 21.8. The molecule has 1 aliphatic rings. The molecule has 0 aliphatic carbocycles. The molecule has 5 nitrogen and oxygen atoms in total. The second kappa shape index (κ2) is 7.55. The van der Waals surface area contributed by atoms with Gasteiger partial charge in [0.25, 0.3) is 0 Å². The molecule has 0 aromatic carbocycles. The van der Waals surface area contributed by atoms with E-state index in [1.54, 1.807) is 11.8 Å². The molecule has 1 fully saturated rings. The summed E-state index contributed by atoms with van der Waals surface area (Å²) in [5.41, 5.74) is 0. The van der Waals surface area contributed by atoms with E-state index in [0.29, 0.717) is 6.42 Å². The fourth-order valence-corrected chi connectivity index (χ4v) is 2.31. The summed E-state index contributed by atoms with van der Waals surface area (Å²) in [6.07, 6.45) is 5.28. The number of thioether (sulfide) groups is 1. The standard InChI is InChI=1S/C11H20N2O3S/c1-17-7-5-9(11(15)16)13-10(14)8-4-2-3-6-12-8/h8-9,12H,2-7H2,1H3,(H,13,14)(H,15,16)/t8?,9-/m1/s1. The predicted octanol–water partition coefficient (Wildman–Crippen LogP) is 0.451. The molecule has 17 heavy (non-hydrogen) atoms. The second-order valence-electron chi connectivity index (χ2n) is 4.18. The Labute approximate surface area is 106 Å². The fraction of sp³-hybridized carbons (Fsp3) is 0.818. The molecule has 1 rings (SSSR count). The average molecular weight is 260 g/mol. The lowest BCUT2D eigenvalue weighted by Gasteiger charge is -2.24. The number of aliphatic carboxylic acids is 1. The minimum absolute atomic E-state index is 0.182. The molecule has 1 amide bonds. The van der Waals surface area contributed by atoms with Crippen LogP contribution in [0.2, 0.25) is 0 Å². The van der Waals surface area contributed by atoms with Crippen molar-refractivity contribution in [1.82, 2.24) is 10.6 Å². The predicted molar refractivity (Wildman–Crippen MR) is 68.2 cm³/mol. The lowest BCUT2D eigenvalue weighted by Crippen LogP contribution is -2.51. The van der Waals surface area contributed by atoms with E-state index >= 15 is 0 Å². The maximum absolute atomic E-state index is 11.8. The minimum atomic E-state index is -0.955. The highest BCUT2D eigenvalue weighted by atomic mass is 32.2. The Kier molecular flexibility index (Phi) is 6.36.